The van der Waals surface area contributed by atoms with Crippen molar-refractivity contribution in [3.05, 3.63) is 11.7 Å². The molecule has 1 aliphatic rings. The summed E-state index contributed by atoms with van der Waals surface area (Å²) in [5.74, 6) is 2.11. The molecule has 1 aromatic rings. The fourth-order valence-electron chi connectivity index (χ4n) is 2.90. The minimum atomic E-state index is -0.135. The van der Waals surface area contributed by atoms with Crippen LogP contribution in [0.5, 0.6) is 0 Å². The summed E-state index contributed by atoms with van der Waals surface area (Å²) in [6.07, 6.45) is 3.53. The van der Waals surface area contributed by atoms with Gasteiger partial charge in [-0.3, -0.25) is 0 Å². The van der Waals surface area contributed by atoms with E-state index in [1.165, 1.54) is 13.0 Å². The number of likely N-dealkylation sites (tertiary alicyclic amines) is 1. The molecule has 25 heavy (non-hydrogen) atoms. The van der Waals surface area contributed by atoms with E-state index in [4.69, 9.17) is 4.52 Å². The second kappa shape index (κ2) is 9.17. The molecule has 1 aliphatic heterocycles. The van der Waals surface area contributed by atoms with Crippen molar-refractivity contribution in [3.8, 4) is 0 Å². The van der Waals surface area contributed by atoms with Crippen molar-refractivity contribution in [1.82, 2.24) is 25.7 Å². The molecule has 0 radical (unpaired) electrons. The van der Waals surface area contributed by atoms with Crippen LogP contribution in [0.3, 0.4) is 0 Å². The normalized spacial score (nSPS) is 17.7. The third-order valence-corrected chi connectivity index (χ3v) is 4.30. The van der Waals surface area contributed by atoms with Crippen molar-refractivity contribution in [3.63, 3.8) is 0 Å². The first-order valence-corrected chi connectivity index (χ1v) is 9.52. The summed E-state index contributed by atoms with van der Waals surface area (Å²) in [5.41, 5.74) is -0.135. The second-order valence-electron chi connectivity index (χ2n) is 7.72. The summed E-state index contributed by atoms with van der Waals surface area (Å²) in [4.78, 5) is 11.6. The zero-order chi connectivity index (χ0) is 18.3. The van der Waals surface area contributed by atoms with Gasteiger partial charge in [0, 0.05) is 31.1 Å². The molecule has 142 valence electrons. The smallest absolute Gasteiger partial charge is 0.232 e. The highest BCUT2D eigenvalue weighted by Gasteiger charge is 2.22. The van der Waals surface area contributed by atoms with Gasteiger partial charge in [0.05, 0.1) is 0 Å². The molecule has 2 heterocycles. The molecule has 7 heteroatoms. The van der Waals surface area contributed by atoms with Gasteiger partial charge in [-0.2, -0.15) is 4.98 Å². The van der Waals surface area contributed by atoms with Gasteiger partial charge in [-0.05, 0) is 32.7 Å². The molecule has 1 saturated heterocycles. The SMILES string of the molecule is CCCN1CCC(NC(=NCc2noc(C(C)(C)C)n2)NCC)CC1. The minimum Gasteiger partial charge on any atom is -0.357 e. The molecule has 2 rings (SSSR count). The van der Waals surface area contributed by atoms with Gasteiger partial charge in [0.25, 0.3) is 0 Å². The Hall–Kier alpha value is -1.63. The number of hydrogen-bond acceptors (Lipinski definition) is 5. The van der Waals surface area contributed by atoms with Gasteiger partial charge in [-0.25, -0.2) is 4.99 Å². The van der Waals surface area contributed by atoms with E-state index in [1.807, 2.05) is 0 Å². The number of nitrogens with one attached hydrogen (secondary N) is 2. The number of aromatic nitrogens is 2. The lowest BCUT2D eigenvalue weighted by Crippen LogP contribution is -2.48. The van der Waals surface area contributed by atoms with E-state index in [-0.39, 0.29) is 5.41 Å². The van der Waals surface area contributed by atoms with Crippen molar-refractivity contribution in [2.75, 3.05) is 26.2 Å². The fourth-order valence-corrected chi connectivity index (χ4v) is 2.90. The van der Waals surface area contributed by atoms with Gasteiger partial charge in [-0.15, -0.1) is 0 Å². The standard InChI is InChI=1S/C18H34N6O/c1-6-10-24-11-8-14(9-12-24)21-17(19-7-2)20-13-15-22-16(25-23-15)18(3,4)5/h14H,6-13H2,1-5H3,(H2,19,20,21). The lowest BCUT2D eigenvalue weighted by atomic mass is 9.97. The Labute approximate surface area is 151 Å². The summed E-state index contributed by atoms with van der Waals surface area (Å²) in [5, 5.41) is 10.9. The molecule has 0 saturated carbocycles. The number of aliphatic imine (C=N–C) groups is 1. The molecule has 0 aromatic carbocycles. The van der Waals surface area contributed by atoms with E-state index in [0.29, 0.717) is 24.3 Å². The second-order valence-corrected chi connectivity index (χ2v) is 7.72. The lowest BCUT2D eigenvalue weighted by Gasteiger charge is -2.32. The van der Waals surface area contributed by atoms with Crippen LogP contribution in [0.25, 0.3) is 0 Å². The van der Waals surface area contributed by atoms with E-state index in [0.717, 1.165) is 38.4 Å². The summed E-state index contributed by atoms with van der Waals surface area (Å²) in [7, 11) is 0. The Kier molecular flexibility index (Phi) is 7.23. The molecule has 0 amide bonds. The van der Waals surface area contributed by atoms with Gasteiger partial charge >= 0.3 is 0 Å². The summed E-state index contributed by atoms with van der Waals surface area (Å²) in [6, 6.07) is 0.473. The predicted octanol–water partition coefficient (Wildman–Crippen LogP) is 2.30. The zero-order valence-corrected chi connectivity index (χ0v) is 16.4. The van der Waals surface area contributed by atoms with Crippen molar-refractivity contribution in [1.29, 1.82) is 0 Å². The molecule has 0 aliphatic carbocycles. The molecule has 7 nitrogen and oxygen atoms in total. The average molecular weight is 351 g/mol. The molecule has 0 spiro atoms. The lowest BCUT2D eigenvalue weighted by molar-refractivity contribution is 0.206. The van der Waals surface area contributed by atoms with Gasteiger partial charge in [0.15, 0.2) is 11.8 Å². The first-order chi connectivity index (χ1) is 11.9. The van der Waals surface area contributed by atoms with Crippen molar-refractivity contribution in [2.45, 2.75) is 71.9 Å². The van der Waals surface area contributed by atoms with Crippen molar-refractivity contribution in [2.24, 2.45) is 4.99 Å². The van der Waals surface area contributed by atoms with Crippen LogP contribution in [-0.2, 0) is 12.0 Å². The van der Waals surface area contributed by atoms with Crippen LogP contribution in [0.1, 0.15) is 65.6 Å². The molecule has 1 aromatic heterocycles. The summed E-state index contributed by atoms with van der Waals surface area (Å²) >= 11 is 0. The highest BCUT2D eigenvalue weighted by molar-refractivity contribution is 5.80. The minimum absolute atomic E-state index is 0.135. The third-order valence-electron chi connectivity index (χ3n) is 4.30. The Morgan fingerprint density at radius 1 is 1.28 bits per heavy atom. The Morgan fingerprint density at radius 2 is 2.00 bits per heavy atom. The number of piperidine rings is 1. The quantitative estimate of drug-likeness (QED) is 0.605. The maximum absolute atomic E-state index is 5.33. The predicted molar refractivity (Wildman–Crippen MR) is 101 cm³/mol. The summed E-state index contributed by atoms with van der Waals surface area (Å²) < 4.78 is 5.33. The van der Waals surface area contributed by atoms with Crippen LogP contribution in [0, 0.1) is 0 Å². The van der Waals surface area contributed by atoms with E-state index >= 15 is 0 Å². The van der Waals surface area contributed by atoms with Crippen LogP contribution in [0.2, 0.25) is 0 Å². The third kappa shape index (κ3) is 6.30. The molecule has 0 bridgehead atoms. The Morgan fingerprint density at radius 3 is 2.56 bits per heavy atom. The van der Waals surface area contributed by atoms with Gasteiger partial charge in [-0.1, -0.05) is 32.9 Å². The van der Waals surface area contributed by atoms with Crippen LogP contribution in [0.4, 0.5) is 0 Å². The first kappa shape index (κ1) is 19.7. The molecule has 2 N–H and O–H groups in total. The molecular weight excluding hydrogens is 316 g/mol. The maximum atomic E-state index is 5.33. The van der Waals surface area contributed by atoms with E-state index < -0.39 is 0 Å². The fraction of sp³-hybridized carbons (Fsp3) is 0.833. The Bertz CT molecular complexity index is 540. The van der Waals surface area contributed by atoms with Crippen molar-refractivity contribution < 1.29 is 4.52 Å². The van der Waals surface area contributed by atoms with Crippen LogP contribution in [0.15, 0.2) is 9.52 Å². The maximum Gasteiger partial charge on any atom is 0.232 e. The average Bonchev–Trinajstić information content (AvgIpc) is 3.04. The topological polar surface area (TPSA) is 78.6 Å². The van der Waals surface area contributed by atoms with Gasteiger partial charge in [0.1, 0.15) is 6.54 Å². The number of hydrogen-bond donors (Lipinski definition) is 2. The molecule has 0 atom stereocenters. The van der Waals surface area contributed by atoms with Crippen LogP contribution < -0.4 is 10.6 Å². The van der Waals surface area contributed by atoms with Crippen molar-refractivity contribution >= 4 is 5.96 Å². The molecule has 1 fully saturated rings. The van der Waals surface area contributed by atoms with E-state index in [9.17, 15) is 0 Å². The van der Waals surface area contributed by atoms with Crippen LogP contribution >= 0.6 is 0 Å². The zero-order valence-electron chi connectivity index (χ0n) is 16.4. The highest BCUT2D eigenvalue weighted by atomic mass is 16.5. The largest absolute Gasteiger partial charge is 0.357 e. The van der Waals surface area contributed by atoms with Gasteiger partial charge < -0.3 is 20.1 Å². The van der Waals surface area contributed by atoms with E-state index in [1.54, 1.807) is 0 Å². The van der Waals surface area contributed by atoms with E-state index in [2.05, 4.69) is 65.3 Å². The number of nitrogens with zero attached hydrogens (tertiary/aromatic N) is 4. The number of guanidine groups is 1. The van der Waals surface area contributed by atoms with Gasteiger partial charge in [0.2, 0.25) is 5.89 Å². The molecular formula is C18H34N6O. The highest BCUT2D eigenvalue weighted by Crippen LogP contribution is 2.19. The number of rotatable bonds is 6. The first-order valence-electron chi connectivity index (χ1n) is 9.52. The Balaban J connectivity index is 1.89. The summed E-state index contributed by atoms with van der Waals surface area (Å²) in [6.45, 7) is 15.3. The monoisotopic (exact) mass is 350 g/mol. The van der Waals surface area contributed by atoms with Crippen LogP contribution in [-0.4, -0.2) is 53.2 Å². The molecule has 0 unspecified atom stereocenters.